The second-order valence-electron chi connectivity index (χ2n) is 7.36. The molecule has 1 amide bonds. The molecule has 0 spiro atoms. The number of nitrogens with one attached hydrogen (secondary N) is 1. The molecule has 1 atom stereocenters. The van der Waals surface area contributed by atoms with Crippen LogP contribution in [0.3, 0.4) is 0 Å². The van der Waals surface area contributed by atoms with E-state index in [0.29, 0.717) is 18.7 Å². The number of anilines is 2. The maximum atomic E-state index is 12.7. The first-order valence-electron chi connectivity index (χ1n) is 10.2. The van der Waals surface area contributed by atoms with E-state index in [2.05, 4.69) is 15.3 Å². The average Bonchev–Trinajstić information content (AvgIpc) is 2.83. The van der Waals surface area contributed by atoms with Crippen molar-refractivity contribution in [2.75, 3.05) is 24.8 Å². The Labute approximate surface area is 197 Å². The highest BCUT2D eigenvalue weighted by Crippen LogP contribution is 2.31. The summed E-state index contributed by atoms with van der Waals surface area (Å²) in [6.45, 7) is 0.351. The molecule has 2 heterocycles. The Balaban J connectivity index is 0.000000429. The molecule has 9 nitrogen and oxygen atoms in total. The van der Waals surface area contributed by atoms with Crippen LogP contribution in [-0.4, -0.2) is 46.8 Å². The van der Waals surface area contributed by atoms with Crippen LogP contribution in [0.5, 0.6) is 11.5 Å². The molecular weight excluding hydrogens is 469 g/mol. The zero-order valence-corrected chi connectivity index (χ0v) is 18.4. The van der Waals surface area contributed by atoms with Crippen molar-refractivity contribution in [1.82, 2.24) is 9.97 Å². The normalized spacial score (nSPS) is 14.5. The number of hydrogen-bond acceptors (Lipinski definition) is 7. The number of benzene rings is 2. The summed E-state index contributed by atoms with van der Waals surface area (Å²) in [5.74, 6) is -1.31. The van der Waals surface area contributed by atoms with E-state index in [1.807, 2.05) is 42.5 Å². The quantitative estimate of drug-likeness (QED) is 0.505. The first-order valence-corrected chi connectivity index (χ1v) is 10.2. The molecule has 0 saturated carbocycles. The van der Waals surface area contributed by atoms with Gasteiger partial charge < -0.3 is 25.6 Å². The molecule has 1 aliphatic heterocycles. The Kier molecular flexibility index (Phi) is 7.74. The fourth-order valence-corrected chi connectivity index (χ4v) is 3.17. The van der Waals surface area contributed by atoms with Crippen LogP contribution in [0.2, 0.25) is 0 Å². The molecule has 184 valence electrons. The highest BCUT2D eigenvalue weighted by Gasteiger charge is 2.38. The van der Waals surface area contributed by atoms with Crippen LogP contribution >= 0.6 is 0 Å². The average molecular weight is 490 g/mol. The minimum atomic E-state index is -5.08. The number of carbonyl (C=O) groups is 2. The number of carboxylic acids is 1. The lowest BCUT2D eigenvalue weighted by atomic mass is 9.95. The van der Waals surface area contributed by atoms with Crippen molar-refractivity contribution in [3.05, 3.63) is 60.3 Å². The fraction of sp³-hybridized carbons (Fsp3) is 0.217. The van der Waals surface area contributed by atoms with Gasteiger partial charge in [0.15, 0.2) is 0 Å². The Bertz CT molecular complexity index is 1200. The van der Waals surface area contributed by atoms with Crippen molar-refractivity contribution in [3.8, 4) is 22.8 Å². The molecule has 35 heavy (non-hydrogen) atoms. The number of amides is 1. The number of methoxy groups -OCH3 is 1. The number of hydrogen-bond donors (Lipinski definition) is 3. The Morgan fingerprint density at radius 3 is 2.46 bits per heavy atom. The van der Waals surface area contributed by atoms with E-state index in [1.54, 1.807) is 19.4 Å². The summed E-state index contributed by atoms with van der Waals surface area (Å²) in [6, 6.07) is 14.9. The number of rotatable bonds is 4. The lowest BCUT2D eigenvalue weighted by Gasteiger charge is -2.25. The number of nitrogens with zero attached hydrogens (tertiary/aromatic N) is 2. The number of halogens is 3. The monoisotopic (exact) mass is 490 g/mol. The van der Waals surface area contributed by atoms with Gasteiger partial charge in [-0.3, -0.25) is 4.79 Å². The third-order valence-electron chi connectivity index (χ3n) is 4.91. The van der Waals surface area contributed by atoms with Gasteiger partial charge in [0.05, 0.1) is 18.7 Å². The third kappa shape index (κ3) is 6.82. The number of aromatic nitrogens is 2. The Morgan fingerprint density at radius 2 is 1.86 bits per heavy atom. The molecular formula is C23H21F3N4O5. The van der Waals surface area contributed by atoms with Crippen LogP contribution < -0.4 is 20.5 Å². The fourth-order valence-electron chi connectivity index (χ4n) is 3.17. The van der Waals surface area contributed by atoms with E-state index >= 15 is 0 Å². The van der Waals surface area contributed by atoms with Crippen LogP contribution in [0, 0.1) is 5.92 Å². The van der Waals surface area contributed by atoms with Crippen LogP contribution in [0.15, 0.2) is 54.7 Å². The highest BCUT2D eigenvalue weighted by atomic mass is 19.4. The predicted octanol–water partition coefficient (Wildman–Crippen LogP) is 3.56. The molecule has 0 saturated heterocycles. The number of aliphatic carboxylic acids is 1. The van der Waals surface area contributed by atoms with E-state index < -0.39 is 12.1 Å². The Hall–Kier alpha value is -4.35. The maximum absolute atomic E-state index is 12.7. The lowest BCUT2D eigenvalue weighted by Crippen LogP contribution is -2.32. The summed E-state index contributed by atoms with van der Waals surface area (Å²) < 4.78 is 42.7. The molecule has 12 heteroatoms. The number of alkyl halides is 3. The standard InChI is InChI=1S/C21H20N4O3.C2HF3O2/c1-27-17-6-7-19-14(11-17)10-15(12-28-19)20(26)24-16-4-2-13(3-5-16)18-8-9-23-21(22)25-18;3-2(4,5)1(6)7/h2-9,11,15H,10,12H2,1H3,(H,24,26)(H2,22,23,25);(H,6,7). The van der Waals surface area contributed by atoms with Crippen LogP contribution in [0.1, 0.15) is 5.56 Å². The number of carbonyl (C=O) groups excluding carboxylic acids is 1. The van der Waals surface area contributed by atoms with E-state index in [4.69, 9.17) is 25.1 Å². The molecule has 0 radical (unpaired) electrons. The van der Waals surface area contributed by atoms with Gasteiger partial charge in [-0.25, -0.2) is 14.8 Å². The van der Waals surface area contributed by atoms with Crippen LogP contribution in [0.4, 0.5) is 24.8 Å². The molecule has 0 bridgehead atoms. The molecule has 1 aliphatic rings. The summed E-state index contributed by atoms with van der Waals surface area (Å²) in [7, 11) is 1.62. The van der Waals surface area contributed by atoms with E-state index in [0.717, 1.165) is 28.3 Å². The highest BCUT2D eigenvalue weighted by molar-refractivity contribution is 5.93. The van der Waals surface area contributed by atoms with Crippen molar-refractivity contribution in [3.63, 3.8) is 0 Å². The number of ether oxygens (including phenoxy) is 2. The topological polar surface area (TPSA) is 137 Å². The van der Waals surface area contributed by atoms with E-state index in [9.17, 15) is 18.0 Å². The van der Waals surface area contributed by atoms with Crippen molar-refractivity contribution >= 4 is 23.5 Å². The number of nitrogens with two attached hydrogens (primary N) is 1. The van der Waals surface area contributed by atoms with Gasteiger partial charge in [-0.05, 0) is 48.4 Å². The second-order valence-corrected chi connectivity index (χ2v) is 7.36. The summed E-state index contributed by atoms with van der Waals surface area (Å²) >= 11 is 0. The SMILES string of the molecule is COc1ccc2c(c1)CC(C(=O)Nc1ccc(-c3ccnc(N)n3)cc1)CO2.O=C(O)C(F)(F)F. The summed E-state index contributed by atoms with van der Waals surface area (Å²) in [5, 5.41) is 10.1. The van der Waals surface area contributed by atoms with Crippen molar-refractivity contribution in [1.29, 1.82) is 0 Å². The largest absolute Gasteiger partial charge is 0.497 e. The van der Waals surface area contributed by atoms with Crippen molar-refractivity contribution < 1.29 is 37.3 Å². The van der Waals surface area contributed by atoms with Gasteiger partial charge in [-0.1, -0.05) is 12.1 Å². The molecule has 4 rings (SSSR count). The number of carboxylic acid groups (broad SMARTS) is 1. The molecule has 1 unspecified atom stereocenters. The smallest absolute Gasteiger partial charge is 0.490 e. The number of fused-ring (bicyclic) bond motifs is 1. The predicted molar refractivity (Wildman–Crippen MR) is 120 cm³/mol. The van der Waals surface area contributed by atoms with E-state index in [1.165, 1.54) is 0 Å². The lowest BCUT2D eigenvalue weighted by molar-refractivity contribution is -0.192. The van der Waals surface area contributed by atoms with E-state index in [-0.39, 0.29) is 17.8 Å². The third-order valence-corrected chi connectivity index (χ3v) is 4.91. The minimum Gasteiger partial charge on any atom is -0.497 e. The van der Waals surface area contributed by atoms with Gasteiger partial charge in [0, 0.05) is 17.4 Å². The molecule has 0 fully saturated rings. The number of nitrogen functional groups attached to an aromatic ring is 1. The van der Waals surface area contributed by atoms with Gasteiger partial charge in [0.1, 0.15) is 18.1 Å². The summed E-state index contributed by atoms with van der Waals surface area (Å²) in [4.78, 5) is 29.7. The zero-order chi connectivity index (χ0) is 25.6. The van der Waals surface area contributed by atoms with Crippen molar-refractivity contribution in [2.45, 2.75) is 12.6 Å². The first-order chi connectivity index (χ1) is 16.6. The molecule has 0 aliphatic carbocycles. The zero-order valence-electron chi connectivity index (χ0n) is 18.4. The summed E-state index contributed by atoms with van der Waals surface area (Å²) in [5.41, 5.74) is 8.95. The van der Waals surface area contributed by atoms with Gasteiger partial charge in [0.25, 0.3) is 0 Å². The molecule has 4 N–H and O–H groups in total. The first kappa shape index (κ1) is 25.3. The molecule has 2 aromatic carbocycles. The van der Waals surface area contributed by atoms with Gasteiger partial charge >= 0.3 is 12.1 Å². The second kappa shape index (κ2) is 10.7. The summed E-state index contributed by atoms with van der Waals surface area (Å²) in [6.07, 6.45) is -2.86. The van der Waals surface area contributed by atoms with Crippen LogP contribution in [-0.2, 0) is 16.0 Å². The molecule has 3 aromatic rings. The van der Waals surface area contributed by atoms with Crippen LogP contribution in [0.25, 0.3) is 11.3 Å². The minimum absolute atomic E-state index is 0.0764. The Morgan fingerprint density at radius 1 is 1.17 bits per heavy atom. The van der Waals surface area contributed by atoms with Gasteiger partial charge in [0.2, 0.25) is 11.9 Å². The van der Waals surface area contributed by atoms with Gasteiger partial charge in [-0.2, -0.15) is 13.2 Å². The van der Waals surface area contributed by atoms with Gasteiger partial charge in [-0.15, -0.1) is 0 Å². The van der Waals surface area contributed by atoms with Crippen molar-refractivity contribution in [2.24, 2.45) is 5.92 Å². The maximum Gasteiger partial charge on any atom is 0.490 e. The molecule has 1 aromatic heterocycles.